The molecule has 2 unspecified atom stereocenters. The van der Waals surface area contributed by atoms with Crippen molar-refractivity contribution in [3.05, 3.63) is 64.7 Å². The molecule has 0 fully saturated rings. The zero-order valence-electron chi connectivity index (χ0n) is 13.8. The Kier molecular flexibility index (Phi) is 5.98. The second kappa shape index (κ2) is 7.58. The SMILES string of the molecule is COc1ccccc1C(N[S+]([O-])C(C)(C)C)c1ccccc1Cl. The fourth-order valence-corrected chi connectivity index (χ4v) is 3.26. The van der Waals surface area contributed by atoms with E-state index in [0.29, 0.717) is 5.02 Å². The molecule has 0 radical (unpaired) electrons. The molecule has 5 heteroatoms. The van der Waals surface area contributed by atoms with E-state index < -0.39 is 11.4 Å². The van der Waals surface area contributed by atoms with E-state index in [2.05, 4.69) is 4.72 Å². The summed E-state index contributed by atoms with van der Waals surface area (Å²) in [5.74, 6) is 0.732. The van der Waals surface area contributed by atoms with E-state index in [-0.39, 0.29) is 10.8 Å². The number of rotatable bonds is 5. The van der Waals surface area contributed by atoms with Gasteiger partial charge < -0.3 is 9.29 Å². The highest BCUT2D eigenvalue weighted by Crippen LogP contribution is 2.35. The number of hydrogen-bond acceptors (Lipinski definition) is 3. The van der Waals surface area contributed by atoms with E-state index in [1.54, 1.807) is 7.11 Å². The average molecular weight is 352 g/mol. The largest absolute Gasteiger partial charge is 0.598 e. The Morgan fingerprint density at radius 3 is 2.17 bits per heavy atom. The van der Waals surface area contributed by atoms with Crippen LogP contribution in [0.1, 0.15) is 37.9 Å². The van der Waals surface area contributed by atoms with Crippen LogP contribution in [0.25, 0.3) is 0 Å². The Morgan fingerprint density at radius 1 is 1.04 bits per heavy atom. The van der Waals surface area contributed by atoms with E-state index >= 15 is 0 Å². The monoisotopic (exact) mass is 351 g/mol. The number of benzene rings is 2. The molecule has 2 rings (SSSR count). The van der Waals surface area contributed by atoms with Crippen molar-refractivity contribution in [3.8, 4) is 5.75 Å². The van der Waals surface area contributed by atoms with Crippen LogP contribution < -0.4 is 9.46 Å². The maximum atomic E-state index is 12.6. The van der Waals surface area contributed by atoms with Crippen LogP contribution in [0.4, 0.5) is 0 Å². The van der Waals surface area contributed by atoms with Crippen LogP contribution in [0.15, 0.2) is 48.5 Å². The van der Waals surface area contributed by atoms with Crippen molar-refractivity contribution < 1.29 is 9.29 Å². The molecule has 1 N–H and O–H groups in total. The normalized spacial score (nSPS) is 14.3. The number of hydrogen-bond donors (Lipinski definition) is 1. The molecule has 124 valence electrons. The minimum absolute atomic E-state index is 0.320. The molecule has 0 spiro atoms. The van der Waals surface area contributed by atoms with Gasteiger partial charge >= 0.3 is 0 Å². The summed E-state index contributed by atoms with van der Waals surface area (Å²) in [6.07, 6.45) is 0. The maximum absolute atomic E-state index is 12.6. The lowest BCUT2D eigenvalue weighted by Gasteiger charge is -2.29. The molecule has 0 amide bonds. The van der Waals surface area contributed by atoms with Crippen LogP contribution in [0, 0.1) is 0 Å². The average Bonchev–Trinajstić information content (AvgIpc) is 2.52. The van der Waals surface area contributed by atoms with Gasteiger partial charge in [0.05, 0.1) is 7.11 Å². The molecule has 23 heavy (non-hydrogen) atoms. The Labute approximate surface area is 146 Å². The number of ether oxygens (including phenoxy) is 1. The van der Waals surface area contributed by atoms with Crippen LogP contribution in [0.5, 0.6) is 5.75 Å². The predicted molar refractivity (Wildman–Crippen MR) is 97.3 cm³/mol. The Balaban J connectivity index is 2.50. The molecule has 3 nitrogen and oxygen atoms in total. The first-order valence-corrected chi connectivity index (χ1v) is 8.92. The molecule has 2 aromatic carbocycles. The van der Waals surface area contributed by atoms with Crippen molar-refractivity contribution in [2.24, 2.45) is 0 Å². The molecule has 0 saturated carbocycles. The molecule has 0 saturated heterocycles. The van der Waals surface area contributed by atoms with Gasteiger partial charge in [0.1, 0.15) is 16.5 Å². The summed E-state index contributed by atoms with van der Waals surface area (Å²) < 4.78 is 20.9. The quantitative estimate of drug-likeness (QED) is 0.807. The summed E-state index contributed by atoms with van der Waals surface area (Å²) in [6, 6.07) is 14.9. The van der Waals surface area contributed by atoms with Crippen molar-refractivity contribution >= 4 is 23.0 Å². The van der Waals surface area contributed by atoms with E-state index in [4.69, 9.17) is 16.3 Å². The Bertz CT molecular complexity index is 657. The van der Waals surface area contributed by atoms with Gasteiger partial charge in [0.15, 0.2) is 0 Å². The second-order valence-corrected chi connectivity index (χ2v) is 8.60. The van der Waals surface area contributed by atoms with Crippen LogP contribution in [-0.4, -0.2) is 16.4 Å². The zero-order chi connectivity index (χ0) is 17.0. The summed E-state index contributed by atoms with van der Waals surface area (Å²) >= 11 is 5.13. The summed E-state index contributed by atoms with van der Waals surface area (Å²) in [5.41, 5.74) is 1.77. The molecule has 0 aromatic heterocycles. The molecular formula is C18H22ClNO2S. The highest BCUT2D eigenvalue weighted by Gasteiger charge is 2.32. The molecule has 0 aliphatic heterocycles. The first-order valence-electron chi connectivity index (χ1n) is 7.40. The highest BCUT2D eigenvalue weighted by molar-refractivity contribution is 7.90. The van der Waals surface area contributed by atoms with Gasteiger partial charge in [-0.2, -0.15) is 0 Å². The van der Waals surface area contributed by atoms with Crippen molar-refractivity contribution in [1.82, 2.24) is 4.72 Å². The standard InChI is InChI=1S/C18H22ClNO2S/c1-18(2,3)23(21)20-17(13-9-5-7-11-15(13)19)14-10-6-8-12-16(14)22-4/h5-12,17,20H,1-4H3. The van der Waals surface area contributed by atoms with E-state index in [9.17, 15) is 4.55 Å². The van der Waals surface area contributed by atoms with Gasteiger partial charge in [0.25, 0.3) is 0 Å². The lowest BCUT2D eigenvalue weighted by molar-refractivity contribution is 0.406. The van der Waals surface area contributed by atoms with Gasteiger partial charge in [0, 0.05) is 21.9 Å². The Morgan fingerprint density at radius 2 is 1.61 bits per heavy atom. The first kappa shape index (κ1) is 18.1. The van der Waals surface area contributed by atoms with E-state index in [0.717, 1.165) is 16.9 Å². The van der Waals surface area contributed by atoms with E-state index in [1.165, 1.54) is 0 Å². The lowest BCUT2D eigenvalue weighted by Crippen LogP contribution is -2.41. The smallest absolute Gasteiger partial charge is 0.136 e. The third-order valence-electron chi connectivity index (χ3n) is 3.45. The molecule has 0 bridgehead atoms. The summed E-state index contributed by atoms with van der Waals surface area (Å²) in [7, 11) is 1.63. The van der Waals surface area contributed by atoms with Crippen LogP contribution >= 0.6 is 11.6 Å². The molecular weight excluding hydrogens is 330 g/mol. The first-order chi connectivity index (χ1) is 10.8. The molecule has 0 heterocycles. The topological polar surface area (TPSA) is 44.3 Å². The zero-order valence-corrected chi connectivity index (χ0v) is 15.4. The third kappa shape index (κ3) is 4.42. The van der Waals surface area contributed by atoms with Crippen molar-refractivity contribution in [2.75, 3.05) is 7.11 Å². The van der Waals surface area contributed by atoms with Crippen LogP contribution in [0.2, 0.25) is 5.02 Å². The molecule has 2 aromatic rings. The summed E-state index contributed by atoms with van der Waals surface area (Å²) in [4.78, 5) is 0. The number of methoxy groups -OCH3 is 1. The summed E-state index contributed by atoms with van der Waals surface area (Å²) in [5, 5.41) is 0.627. The summed E-state index contributed by atoms with van der Waals surface area (Å²) in [6.45, 7) is 5.80. The minimum Gasteiger partial charge on any atom is -0.598 e. The number of halogens is 1. The van der Waals surface area contributed by atoms with Gasteiger partial charge in [0.2, 0.25) is 0 Å². The fraction of sp³-hybridized carbons (Fsp3) is 0.333. The van der Waals surface area contributed by atoms with Gasteiger partial charge in [-0.05, 0) is 38.5 Å². The number of para-hydroxylation sites is 1. The maximum Gasteiger partial charge on any atom is 0.136 e. The van der Waals surface area contributed by atoms with Gasteiger partial charge in [-0.1, -0.05) is 48.0 Å². The van der Waals surface area contributed by atoms with Crippen LogP contribution in [0.3, 0.4) is 0 Å². The van der Waals surface area contributed by atoms with Gasteiger partial charge in [-0.25, -0.2) is 0 Å². The van der Waals surface area contributed by atoms with Crippen molar-refractivity contribution in [3.63, 3.8) is 0 Å². The number of nitrogens with one attached hydrogen (secondary N) is 1. The molecule has 0 aliphatic carbocycles. The van der Waals surface area contributed by atoms with Crippen LogP contribution in [-0.2, 0) is 11.4 Å². The Hall–Kier alpha value is -1.20. The van der Waals surface area contributed by atoms with Gasteiger partial charge in [-0.3, -0.25) is 0 Å². The lowest BCUT2D eigenvalue weighted by atomic mass is 9.99. The predicted octanol–water partition coefficient (Wildman–Crippen LogP) is 4.49. The minimum atomic E-state index is -1.25. The molecule has 0 aliphatic rings. The van der Waals surface area contributed by atoms with Crippen molar-refractivity contribution in [1.29, 1.82) is 0 Å². The van der Waals surface area contributed by atoms with Crippen molar-refractivity contribution in [2.45, 2.75) is 31.6 Å². The highest BCUT2D eigenvalue weighted by atomic mass is 35.5. The second-order valence-electron chi connectivity index (χ2n) is 6.20. The fourth-order valence-electron chi connectivity index (χ4n) is 2.19. The van der Waals surface area contributed by atoms with Gasteiger partial charge in [-0.15, -0.1) is 4.72 Å². The third-order valence-corrected chi connectivity index (χ3v) is 5.35. The van der Waals surface area contributed by atoms with E-state index in [1.807, 2.05) is 69.3 Å². The molecule has 2 atom stereocenters.